The van der Waals surface area contributed by atoms with Crippen molar-refractivity contribution in [2.45, 2.75) is 167 Å². The zero-order valence-electron chi connectivity index (χ0n) is 35.3. The first-order valence-corrected chi connectivity index (χ1v) is 24.0. The van der Waals surface area contributed by atoms with Crippen LogP contribution < -0.4 is 0 Å². The molecule has 0 aromatic heterocycles. The Labute approximate surface area is 351 Å². The van der Waals surface area contributed by atoms with Crippen molar-refractivity contribution in [1.29, 1.82) is 0 Å². The maximum Gasteiger partial charge on any atom is 0.472 e. The van der Waals surface area contributed by atoms with Crippen molar-refractivity contribution >= 4 is 27.6 Å². The first kappa shape index (κ1) is 57.0. The van der Waals surface area contributed by atoms with Crippen LogP contribution in [-0.4, -0.2) is 104 Å². The Morgan fingerprint density at radius 3 is 1.71 bits per heavy atom. The molecule has 0 bridgehead atoms. The molecule has 16 nitrogen and oxygen atoms in total. The van der Waals surface area contributed by atoms with E-state index in [1.54, 1.807) is 42.5 Å². The minimum atomic E-state index is -4.90. The number of aliphatic hydroxyl groups is 4. The van der Waals surface area contributed by atoms with Crippen molar-refractivity contribution < 1.29 is 76.9 Å². The van der Waals surface area contributed by atoms with Gasteiger partial charge in [0.05, 0.1) is 38.1 Å². The normalized spacial score (nSPS) is 16.3. The molecular formula is C41H74O16P2. The summed E-state index contributed by atoms with van der Waals surface area (Å²) in [6.07, 6.45) is 22.1. The number of carbonyl (C=O) groups excluding carboxylic acids is 2. The minimum Gasteiger partial charge on any atom is -0.462 e. The molecule has 59 heavy (non-hydrogen) atoms. The van der Waals surface area contributed by atoms with Gasteiger partial charge in [0, 0.05) is 12.8 Å². The van der Waals surface area contributed by atoms with Gasteiger partial charge < -0.3 is 44.6 Å². The van der Waals surface area contributed by atoms with Crippen LogP contribution in [0.5, 0.6) is 0 Å². The van der Waals surface area contributed by atoms with Crippen molar-refractivity contribution in [1.82, 2.24) is 0 Å². The fraction of sp³-hybridized carbons (Fsp3) is 0.756. The van der Waals surface area contributed by atoms with Crippen LogP contribution in [0, 0.1) is 5.92 Å². The van der Waals surface area contributed by atoms with Crippen molar-refractivity contribution in [3.05, 3.63) is 48.6 Å². The Bertz CT molecular complexity index is 1300. The van der Waals surface area contributed by atoms with E-state index in [9.17, 15) is 44.0 Å². The maximum atomic E-state index is 12.7. The molecule has 7 N–H and O–H groups in total. The predicted molar refractivity (Wildman–Crippen MR) is 225 cm³/mol. The summed E-state index contributed by atoms with van der Waals surface area (Å²) in [6.45, 7) is 3.50. The topological polar surface area (TPSA) is 256 Å². The summed E-state index contributed by atoms with van der Waals surface area (Å²) in [4.78, 5) is 52.6. The molecule has 1 unspecified atom stereocenters. The SMILES string of the molecule is CCCCC[C@H](O)/C=C/C=C\C=C\C=C\[C@H](O)[C@@H](O)CCCC(=O)O[C@H](COC(=O)CCCCCCCCCCCC(C)C)COP(=O)(O)OC[C@@H](O)COP(=O)(O)O. The molecule has 0 aliphatic rings. The highest BCUT2D eigenvalue weighted by Crippen LogP contribution is 2.43. The first-order valence-electron chi connectivity index (χ1n) is 21.0. The molecular weight excluding hydrogens is 810 g/mol. The molecule has 0 heterocycles. The molecule has 0 radical (unpaired) electrons. The highest BCUT2D eigenvalue weighted by Gasteiger charge is 2.28. The van der Waals surface area contributed by atoms with Gasteiger partial charge in [-0.2, -0.15) is 0 Å². The number of rotatable bonds is 38. The number of hydrogen-bond acceptors (Lipinski definition) is 13. The third-order valence-electron chi connectivity index (χ3n) is 8.76. The van der Waals surface area contributed by atoms with Gasteiger partial charge in [-0.3, -0.25) is 23.2 Å². The van der Waals surface area contributed by atoms with Crippen LogP contribution >= 0.6 is 15.6 Å². The third kappa shape index (κ3) is 38.6. The fourth-order valence-electron chi connectivity index (χ4n) is 5.39. The predicted octanol–water partition coefficient (Wildman–Crippen LogP) is 7.05. The van der Waals surface area contributed by atoms with Gasteiger partial charge in [0.2, 0.25) is 0 Å². The van der Waals surface area contributed by atoms with E-state index in [0.717, 1.165) is 57.3 Å². The van der Waals surface area contributed by atoms with Crippen molar-refractivity contribution in [3.63, 3.8) is 0 Å². The number of aliphatic hydroxyl groups excluding tert-OH is 4. The molecule has 18 heteroatoms. The van der Waals surface area contributed by atoms with E-state index in [1.807, 2.05) is 0 Å². The summed E-state index contributed by atoms with van der Waals surface area (Å²) >= 11 is 0. The third-order valence-corrected chi connectivity index (χ3v) is 10.2. The van der Waals surface area contributed by atoms with E-state index in [0.29, 0.717) is 6.42 Å². The number of hydrogen-bond donors (Lipinski definition) is 7. The second-order valence-electron chi connectivity index (χ2n) is 15.0. The number of phosphoric acid groups is 2. The highest BCUT2D eigenvalue weighted by atomic mass is 31.2. The molecule has 0 rings (SSSR count). The van der Waals surface area contributed by atoms with Gasteiger partial charge in [0.15, 0.2) is 6.10 Å². The molecule has 0 aromatic rings. The second kappa shape index (κ2) is 35.5. The zero-order chi connectivity index (χ0) is 44.4. The molecule has 0 aromatic carbocycles. The van der Waals surface area contributed by atoms with Crippen LogP contribution in [0.3, 0.4) is 0 Å². The van der Waals surface area contributed by atoms with Crippen LogP contribution in [0.2, 0.25) is 0 Å². The average Bonchev–Trinajstić information content (AvgIpc) is 3.16. The molecule has 0 spiro atoms. The molecule has 0 amide bonds. The summed E-state index contributed by atoms with van der Waals surface area (Å²) < 4.78 is 47.4. The molecule has 344 valence electrons. The lowest BCUT2D eigenvalue weighted by atomic mass is 10.0. The van der Waals surface area contributed by atoms with Gasteiger partial charge in [0.1, 0.15) is 12.7 Å². The van der Waals surface area contributed by atoms with Gasteiger partial charge in [-0.15, -0.1) is 0 Å². The van der Waals surface area contributed by atoms with Crippen LogP contribution in [0.4, 0.5) is 0 Å². The lowest BCUT2D eigenvalue weighted by molar-refractivity contribution is -0.161. The summed E-state index contributed by atoms with van der Waals surface area (Å²) in [5.74, 6) is -0.628. The van der Waals surface area contributed by atoms with Gasteiger partial charge >= 0.3 is 27.6 Å². The number of phosphoric ester groups is 2. The molecule has 0 aliphatic carbocycles. The van der Waals surface area contributed by atoms with Crippen LogP contribution in [0.1, 0.15) is 136 Å². The quantitative estimate of drug-likeness (QED) is 0.0142. The van der Waals surface area contributed by atoms with E-state index in [-0.39, 0.29) is 25.7 Å². The Kier molecular flexibility index (Phi) is 34.3. The van der Waals surface area contributed by atoms with E-state index in [4.69, 9.17) is 23.8 Å². The lowest BCUT2D eigenvalue weighted by Crippen LogP contribution is -2.30. The van der Waals surface area contributed by atoms with Gasteiger partial charge in [-0.25, -0.2) is 9.13 Å². The Hall–Kier alpha value is -2.04. The number of carbonyl (C=O) groups is 2. The van der Waals surface area contributed by atoms with Crippen LogP contribution in [-0.2, 0) is 41.8 Å². The Morgan fingerprint density at radius 2 is 1.10 bits per heavy atom. The molecule has 0 fully saturated rings. The van der Waals surface area contributed by atoms with E-state index < -0.39 is 84.5 Å². The summed E-state index contributed by atoms with van der Waals surface area (Å²) in [5, 5.41) is 40.2. The largest absolute Gasteiger partial charge is 0.472 e. The number of unbranched alkanes of at least 4 members (excludes halogenated alkanes) is 10. The Balaban J connectivity index is 4.89. The number of esters is 2. The van der Waals surface area contributed by atoms with E-state index in [1.165, 1.54) is 38.2 Å². The molecule has 0 saturated heterocycles. The smallest absolute Gasteiger partial charge is 0.462 e. The molecule has 0 aliphatic heterocycles. The van der Waals surface area contributed by atoms with Crippen molar-refractivity contribution in [2.75, 3.05) is 26.4 Å². The Morgan fingerprint density at radius 1 is 0.576 bits per heavy atom. The summed E-state index contributed by atoms with van der Waals surface area (Å²) in [5.41, 5.74) is 0. The fourth-order valence-corrected chi connectivity index (χ4v) is 6.54. The maximum absolute atomic E-state index is 12.7. The summed E-state index contributed by atoms with van der Waals surface area (Å²) in [7, 11) is -9.81. The van der Waals surface area contributed by atoms with E-state index >= 15 is 0 Å². The minimum absolute atomic E-state index is 0.0256. The van der Waals surface area contributed by atoms with Crippen LogP contribution in [0.25, 0.3) is 0 Å². The zero-order valence-corrected chi connectivity index (χ0v) is 37.1. The van der Waals surface area contributed by atoms with Gasteiger partial charge in [-0.1, -0.05) is 146 Å². The average molecular weight is 885 g/mol. The van der Waals surface area contributed by atoms with Gasteiger partial charge in [0.25, 0.3) is 0 Å². The monoisotopic (exact) mass is 884 g/mol. The lowest BCUT2D eigenvalue weighted by Gasteiger charge is -2.21. The van der Waals surface area contributed by atoms with Crippen LogP contribution in [0.15, 0.2) is 48.6 Å². The van der Waals surface area contributed by atoms with Crippen molar-refractivity contribution in [3.8, 4) is 0 Å². The standard InChI is InChI=1S/C41H74O16P2/c1-4-5-17-24-35(42)25-19-14-11-12-15-20-26-38(44)39(45)27-22-29-41(47)57-37(33-56-59(51,52)55-31-36(43)30-54-58(48,49)50)32-53-40(46)28-21-16-10-8-6-7-9-13-18-23-34(2)3/h11-12,14-15,19-20,25-26,34-39,42-45H,4-10,13,16-18,21-24,27-33H2,1-3H3,(H,51,52)(H2,48,49,50)/b14-11-,15-12+,25-19+,26-20+/t35-,36-,37+,38-,39-/m0/s1. The molecule has 6 atom stereocenters. The summed E-state index contributed by atoms with van der Waals surface area (Å²) in [6, 6.07) is 0. The second-order valence-corrected chi connectivity index (χ2v) is 17.7. The molecule has 0 saturated carbocycles. The van der Waals surface area contributed by atoms with Crippen molar-refractivity contribution in [2.24, 2.45) is 5.92 Å². The number of allylic oxidation sites excluding steroid dienone is 6. The van der Waals surface area contributed by atoms with Gasteiger partial charge in [-0.05, 0) is 31.6 Å². The number of ether oxygens (including phenoxy) is 2. The highest BCUT2D eigenvalue weighted by molar-refractivity contribution is 7.47. The van der Waals surface area contributed by atoms with E-state index in [2.05, 4.69) is 29.8 Å². The first-order chi connectivity index (χ1) is 27.9.